The zero-order chi connectivity index (χ0) is 12.5. The summed E-state index contributed by atoms with van der Waals surface area (Å²) in [6.07, 6.45) is 2.28. The fourth-order valence-electron chi connectivity index (χ4n) is 1.93. The van der Waals surface area contributed by atoms with Crippen molar-refractivity contribution in [1.82, 2.24) is 0 Å². The van der Waals surface area contributed by atoms with Gasteiger partial charge in [0.25, 0.3) is 5.92 Å². The molecule has 1 fully saturated rings. The number of hydrogen-bond donors (Lipinski definition) is 0. The summed E-state index contributed by atoms with van der Waals surface area (Å²) >= 11 is 0. The Labute approximate surface area is 97.9 Å². The molecule has 0 heterocycles. The van der Waals surface area contributed by atoms with Crippen LogP contribution in [0.3, 0.4) is 0 Å². The third-order valence-electron chi connectivity index (χ3n) is 2.91. The SMILES string of the molecule is COC(=O)/C=C/[C@@H]1C(c2ccccc2)C1(F)F. The number of rotatable bonds is 3. The van der Waals surface area contributed by atoms with Crippen molar-refractivity contribution in [2.24, 2.45) is 5.92 Å². The highest BCUT2D eigenvalue weighted by molar-refractivity contribution is 5.82. The van der Waals surface area contributed by atoms with E-state index in [1.165, 1.54) is 13.2 Å². The lowest BCUT2D eigenvalue weighted by Crippen LogP contribution is -1.96. The van der Waals surface area contributed by atoms with Crippen molar-refractivity contribution >= 4 is 5.97 Å². The number of benzene rings is 1. The van der Waals surface area contributed by atoms with Crippen molar-refractivity contribution < 1.29 is 18.3 Å². The van der Waals surface area contributed by atoms with Gasteiger partial charge in [-0.1, -0.05) is 36.4 Å². The molecule has 2 atom stereocenters. The molecule has 0 saturated heterocycles. The third-order valence-corrected chi connectivity index (χ3v) is 2.91. The molecule has 0 spiro atoms. The number of ether oxygens (including phenoxy) is 1. The highest BCUT2D eigenvalue weighted by Crippen LogP contribution is 2.62. The lowest BCUT2D eigenvalue weighted by Gasteiger charge is -1.96. The molecule has 0 amide bonds. The first-order valence-corrected chi connectivity index (χ1v) is 5.26. The molecule has 2 nitrogen and oxygen atoms in total. The van der Waals surface area contributed by atoms with Crippen LogP contribution in [0.1, 0.15) is 11.5 Å². The maximum Gasteiger partial charge on any atom is 0.330 e. The van der Waals surface area contributed by atoms with Crippen LogP contribution in [0.15, 0.2) is 42.5 Å². The van der Waals surface area contributed by atoms with Crippen LogP contribution in [0.2, 0.25) is 0 Å². The van der Waals surface area contributed by atoms with Gasteiger partial charge in [0.05, 0.1) is 18.9 Å². The Morgan fingerprint density at radius 2 is 2.00 bits per heavy atom. The summed E-state index contributed by atoms with van der Waals surface area (Å²) in [7, 11) is 1.21. The second-order valence-electron chi connectivity index (χ2n) is 3.97. The fourth-order valence-corrected chi connectivity index (χ4v) is 1.93. The minimum absolute atomic E-state index is 0.594. The molecule has 17 heavy (non-hydrogen) atoms. The van der Waals surface area contributed by atoms with Gasteiger partial charge in [-0.15, -0.1) is 0 Å². The molecule has 0 aromatic heterocycles. The number of esters is 1. The van der Waals surface area contributed by atoms with E-state index in [2.05, 4.69) is 4.74 Å². The molecule has 90 valence electrons. The maximum atomic E-state index is 13.5. The average molecular weight is 238 g/mol. The first-order valence-electron chi connectivity index (χ1n) is 5.26. The Morgan fingerprint density at radius 3 is 2.59 bits per heavy atom. The molecule has 1 aromatic carbocycles. The first kappa shape index (κ1) is 11.8. The smallest absolute Gasteiger partial charge is 0.330 e. The second kappa shape index (κ2) is 4.28. The van der Waals surface area contributed by atoms with Crippen molar-refractivity contribution in [2.75, 3.05) is 7.11 Å². The van der Waals surface area contributed by atoms with Gasteiger partial charge in [-0.05, 0) is 5.56 Å². The van der Waals surface area contributed by atoms with Crippen LogP contribution in [0.25, 0.3) is 0 Å². The molecular weight excluding hydrogens is 226 g/mol. The van der Waals surface area contributed by atoms with Crippen molar-refractivity contribution in [2.45, 2.75) is 11.8 Å². The van der Waals surface area contributed by atoms with Crippen LogP contribution in [-0.2, 0) is 9.53 Å². The Kier molecular flexibility index (Phi) is 2.96. The van der Waals surface area contributed by atoms with Gasteiger partial charge < -0.3 is 4.74 Å². The number of halogens is 2. The predicted molar refractivity (Wildman–Crippen MR) is 58.8 cm³/mol. The quantitative estimate of drug-likeness (QED) is 0.598. The third kappa shape index (κ3) is 2.20. The van der Waals surface area contributed by atoms with Gasteiger partial charge in [0.1, 0.15) is 0 Å². The minimum atomic E-state index is -2.77. The molecule has 0 N–H and O–H groups in total. The van der Waals surface area contributed by atoms with E-state index in [1.54, 1.807) is 30.3 Å². The van der Waals surface area contributed by atoms with Gasteiger partial charge in [-0.25, -0.2) is 13.6 Å². The van der Waals surface area contributed by atoms with E-state index in [0.717, 1.165) is 6.08 Å². The molecule has 2 rings (SSSR count). The molecule has 0 radical (unpaired) electrons. The summed E-state index contributed by atoms with van der Waals surface area (Å²) in [6, 6.07) is 8.58. The van der Waals surface area contributed by atoms with E-state index in [0.29, 0.717) is 5.56 Å². The van der Waals surface area contributed by atoms with Crippen LogP contribution in [0, 0.1) is 5.92 Å². The number of hydrogen-bond acceptors (Lipinski definition) is 2. The summed E-state index contributed by atoms with van der Waals surface area (Å²) in [5.41, 5.74) is 0.594. The highest BCUT2D eigenvalue weighted by atomic mass is 19.3. The average Bonchev–Trinajstić information content (AvgIpc) is 2.89. The monoisotopic (exact) mass is 238 g/mol. The van der Waals surface area contributed by atoms with Crippen molar-refractivity contribution in [1.29, 1.82) is 0 Å². The maximum absolute atomic E-state index is 13.5. The Bertz CT molecular complexity index is 440. The molecular formula is C13H12F2O2. The van der Waals surface area contributed by atoms with Crippen molar-refractivity contribution in [3.05, 3.63) is 48.0 Å². The number of carbonyl (C=O) groups is 1. The standard InChI is InChI=1S/C13H12F2O2/c1-17-11(16)8-7-10-12(13(10,14)15)9-5-3-2-4-6-9/h2-8,10,12H,1H3/b8-7+/t10-,12?/m1/s1. The molecule has 1 aromatic rings. The molecule has 0 bridgehead atoms. The van der Waals surface area contributed by atoms with E-state index < -0.39 is 23.7 Å². The van der Waals surface area contributed by atoms with Crippen LogP contribution >= 0.6 is 0 Å². The second-order valence-corrected chi connectivity index (χ2v) is 3.97. The summed E-state index contributed by atoms with van der Waals surface area (Å²) in [4.78, 5) is 10.8. The summed E-state index contributed by atoms with van der Waals surface area (Å²) in [5, 5.41) is 0. The molecule has 4 heteroatoms. The van der Waals surface area contributed by atoms with Gasteiger partial charge >= 0.3 is 5.97 Å². The number of allylic oxidation sites excluding steroid dienone is 1. The van der Waals surface area contributed by atoms with Crippen LogP contribution in [-0.4, -0.2) is 19.0 Å². The van der Waals surface area contributed by atoms with Gasteiger partial charge in [-0.3, -0.25) is 0 Å². The topological polar surface area (TPSA) is 26.3 Å². The Morgan fingerprint density at radius 1 is 1.35 bits per heavy atom. The number of methoxy groups -OCH3 is 1. The van der Waals surface area contributed by atoms with Gasteiger partial charge in [-0.2, -0.15) is 0 Å². The van der Waals surface area contributed by atoms with E-state index in [4.69, 9.17) is 0 Å². The fraction of sp³-hybridized carbons (Fsp3) is 0.308. The van der Waals surface area contributed by atoms with Gasteiger partial charge in [0.2, 0.25) is 0 Å². The molecule has 1 aliphatic rings. The first-order chi connectivity index (χ1) is 8.07. The van der Waals surface area contributed by atoms with Crippen molar-refractivity contribution in [3.63, 3.8) is 0 Å². The van der Waals surface area contributed by atoms with Gasteiger partial charge in [0.15, 0.2) is 0 Å². The molecule has 1 saturated carbocycles. The van der Waals surface area contributed by atoms with Crippen LogP contribution < -0.4 is 0 Å². The van der Waals surface area contributed by atoms with Crippen LogP contribution in [0.4, 0.5) is 8.78 Å². The summed E-state index contributed by atoms with van der Waals surface area (Å²) in [6.45, 7) is 0. The summed E-state index contributed by atoms with van der Waals surface area (Å²) in [5.74, 6) is -5.13. The minimum Gasteiger partial charge on any atom is -0.466 e. The predicted octanol–water partition coefficient (Wildman–Crippen LogP) is 2.76. The molecule has 0 aliphatic heterocycles. The van der Waals surface area contributed by atoms with Crippen LogP contribution in [0.5, 0.6) is 0 Å². The van der Waals surface area contributed by atoms with Gasteiger partial charge in [0, 0.05) is 6.08 Å². The number of carbonyl (C=O) groups excluding carboxylic acids is 1. The molecule has 1 unspecified atom stereocenters. The zero-order valence-electron chi connectivity index (χ0n) is 9.27. The zero-order valence-corrected chi connectivity index (χ0v) is 9.27. The normalized spacial score (nSPS) is 25.8. The van der Waals surface area contributed by atoms with E-state index >= 15 is 0 Å². The largest absolute Gasteiger partial charge is 0.466 e. The number of alkyl halides is 2. The van der Waals surface area contributed by atoms with E-state index in [1.807, 2.05) is 0 Å². The lowest BCUT2D eigenvalue weighted by atomic mass is 10.1. The van der Waals surface area contributed by atoms with E-state index in [9.17, 15) is 13.6 Å². The lowest BCUT2D eigenvalue weighted by molar-refractivity contribution is -0.134. The van der Waals surface area contributed by atoms with E-state index in [-0.39, 0.29) is 0 Å². The molecule has 1 aliphatic carbocycles. The Hall–Kier alpha value is -1.71. The Balaban J connectivity index is 2.12. The highest BCUT2D eigenvalue weighted by Gasteiger charge is 2.67. The summed E-state index contributed by atoms with van der Waals surface area (Å²) < 4.78 is 31.4. The van der Waals surface area contributed by atoms with Crippen molar-refractivity contribution in [3.8, 4) is 0 Å².